The van der Waals surface area contributed by atoms with E-state index >= 15 is 0 Å². The summed E-state index contributed by atoms with van der Waals surface area (Å²) < 4.78 is 28.2. The Balaban J connectivity index is 0.00000192. The van der Waals surface area contributed by atoms with Crippen molar-refractivity contribution in [1.82, 2.24) is 9.13 Å². The van der Waals surface area contributed by atoms with Gasteiger partial charge < -0.3 is 18.1 Å². The van der Waals surface area contributed by atoms with Gasteiger partial charge in [0.1, 0.15) is 0 Å². The SMILES string of the molecule is [Cl-].[NH3+]Cc1ccc(Cn2c(=O)n(C(F)F)c3ccccc32)cc1. The summed E-state index contributed by atoms with van der Waals surface area (Å²) in [5.41, 5.74) is 5.84. The van der Waals surface area contributed by atoms with Crippen LogP contribution in [0.5, 0.6) is 0 Å². The zero-order valence-corrected chi connectivity index (χ0v) is 13.0. The minimum Gasteiger partial charge on any atom is -1.00 e. The van der Waals surface area contributed by atoms with Crippen molar-refractivity contribution in [2.45, 2.75) is 19.6 Å². The number of nitrogens with zero attached hydrogens (tertiary/aromatic N) is 2. The van der Waals surface area contributed by atoms with E-state index in [1.807, 2.05) is 24.3 Å². The largest absolute Gasteiger partial charge is 1.00 e. The summed E-state index contributed by atoms with van der Waals surface area (Å²) in [5, 5.41) is 0. The van der Waals surface area contributed by atoms with E-state index < -0.39 is 12.2 Å². The molecule has 3 aromatic rings. The average Bonchev–Trinajstić information content (AvgIpc) is 2.81. The zero-order valence-electron chi connectivity index (χ0n) is 12.3. The Hall–Kier alpha value is -2.18. The quantitative estimate of drug-likeness (QED) is 0.651. The summed E-state index contributed by atoms with van der Waals surface area (Å²) in [4.78, 5) is 12.3. The lowest BCUT2D eigenvalue weighted by molar-refractivity contribution is -0.386. The molecule has 0 atom stereocenters. The smallest absolute Gasteiger partial charge is 0.333 e. The van der Waals surface area contributed by atoms with E-state index in [9.17, 15) is 13.6 Å². The van der Waals surface area contributed by atoms with Crippen LogP contribution in [0.1, 0.15) is 17.7 Å². The zero-order chi connectivity index (χ0) is 15.7. The van der Waals surface area contributed by atoms with E-state index in [1.165, 1.54) is 10.6 Å². The van der Waals surface area contributed by atoms with Gasteiger partial charge >= 0.3 is 12.2 Å². The molecule has 1 heterocycles. The maximum absolute atomic E-state index is 13.2. The number of hydrogen-bond donors (Lipinski definition) is 1. The van der Waals surface area contributed by atoms with E-state index in [2.05, 4.69) is 5.73 Å². The highest BCUT2D eigenvalue weighted by Crippen LogP contribution is 2.19. The molecular weight excluding hydrogens is 324 g/mol. The molecule has 0 amide bonds. The minimum absolute atomic E-state index is 0. The van der Waals surface area contributed by atoms with E-state index in [0.717, 1.165) is 11.1 Å². The van der Waals surface area contributed by atoms with Gasteiger partial charge in [-0.25, -0.2) is 9.36 Å². The Morgan fingerprint density at radius 1 is 0.957 bits per heavy atom. The van der Waals surface area contributed by atoms with Gasteiger partial charge in [-0.15, -0.1) is 0 Å². The summed E-state index contributed by atoms with van der Waals surface area (Å²) in [5.74, 6) is 0. The van der Waals surface area contributed by atoms with Gasteiger partial charge in [0.05, 0.1) is 24.1 Å². The van der Waals surface area contributed by atoms with Crippen molar-refractivity contribution in [2.75, 3.05) is 0 Å². The summed E-state index contributed by atoms with van der Waals surface area (Å²) in [6, 6.07) is 14.2. The molecule has 122 valence electrons. The maximum atomic E-state index is 13.2. The molecule has 0 aliphatic carbocycles. The van der Waals surface area contributed by atoms with Crippen LogP contribution in [0.4, 0.5) is 8.78 Å². The molecule has 23 heavy (non-hydrogen) atoms. The van der Waals surface area contributed by atoms with Crippen LogP contribution in [0.25, 0.3) is 11.0 Å². The summed E-state index contributed by atoms with van der Waals surface area (Å²) in [6.07, 6.45) is 0. The summed E-state index contributed by atoms with van der Waals surface area (Å²) in [7, 11) is 0. The number of halogens is 3. The van der Waals surface area contributed by atoms with Crippen LogP contribution in [0.15, 0.2) is 53.3 Å². The Morgan fingerprint density at radius 3 is 2.09 bits per heavy atom. The first kappa shape index (κ1) is 17.2. The van der Waals surface area contributed by atoms with E-state index in [4.69, 9.17) is 0 Å². The first-order valence-corrected chi connectivity index (χ1v) is 6.97. The van der Waals surface area contributed by atoms with Gasteiger partial charge in [0.2, 0.25) is 0 Å². The molecule has 0 spiro atoms. The fourth-order valence-electron chi connectivity index (χ4n) is 2.57. The average molecular weight is 340 g/mol. The number of fused-ring (bicyclic) bond motifs is 1. The monoisotopic (exact) mass is 339 g/mol. The highest BCUT2D eigenvalue weighted by molar-refractivity contribution is 5.76. The summed E-state index contributed by atoms with van der Waals surface area (Å²) >= 11 is 0. The second-order valence-corrected chi connectivity index (χ2v) is 5.07. The van der Waals surface area contributed by atoms with Crippen molar-refractivity contribution < 1.29 is 26.9 Å². The summed E-state index contributed by atoms with van der Waals surface area (Å²) in [6.45, 7) is -1.91. The topological polar surface area (TPSA) is 54.6 Å². The molecule has 0 radical (unpaired) electrons. The molecular formula is C16H16ClF2N3O. The molecule has 7 heteroatoms. The van der Waals surface area contributed by atoms with Crippen molar-refractivity contribution in [3.8, 4) is 0 Å². The van der Waals surface area contributed by atoms with Gasteiger partial charge in [-0.2, -0.15) is 8.78 Å². The lowest BCUT2D eigenvalue weighted by Gasteiger charge is -2.04. The molecule has 1 aromatic heterocycles. The Labute approximate surface area is 137 Å². The molecule has 0 unspecified atom stereocenters. The first-order valence-electron chi connectivity index (χ1n) is 6.97. The van der Waals surface area contributed by atoms with E-state index in [0.29, 0.717) is 16.6 Å². The van der Waals surface area contributed by atoms with Gasteiger partial charge in [-0.3, -0.25) is 4.57 Å². The van der Waals surface area contributed by atoms with Crippen molar-refractivity contribution in [3.05, 3.63) is 70.1 Å². The molecule has 3 rings (SSSR count). The van der Waals surface area contributed by atoms with Gasteiger partial charge in [-0.05, 0) is 17.7 Å². The number of hydrogen-bond acceptors (Lipinski definition) is 1. The molecule has 0 fully saturated rings. The Morgan fingerprint density at radius 2 is 1.52 bits per heavy atom. The number of para-hydroxylation sites is 2. The number of alkyl halides is 2. The van der Waals surface area contributed by atoms with Crippen LogP contribution < -0.4 is 23.8 Å². The molecule has 4 nitrogen and oxygen atoms in total. The van der Waals surface area contributed by atoms with Crippen LogP contribution in [0.2, 0.25) is 0 Å². The molecule has 0 saturated heterocycles. The number of benzene rings is 2. The lowest BCUT2D eigenvalue weighted by Crippen LogP contribution is -3.00. The van der Waals surface area contributed by atoms with Crippen LogP contribution >= 0.6 is 0 Å². The maximum Gasteiger partial charge on any atom is 0.333 e. The lowest BCUT2D eigenvalue weighted by atomic mass is 10.1. The number of rotatable bonds is 4. The highest BCUT2D eigenvalue weighted by atomic mass is 35.5. The number of imidazole rings is 1. The fourth-order valence-corrected chi connectivity index (χ4v) is 2.57. The molecule has 0 aliphatic rings. The van der Waals surface area contributed by atoms with Gasteiger partial charge in [0.25, 0.3) is 0 Å². The van der Waals surface area contributed by atoms with Crippen LogP contribution in [-0.4, -0.2) is 9.13 Å². The Kier molecular flexibility index (Phi) is 5.18. The Bertz CT molecular complexity index is 856. The van der Waals surface area contributed by atoms with Crippen LogP contribution in [0.3, 0.4) is 0 Å². The predicted octanol–water partition coefficient (Wildman–Crippen LogP) is -1.01. The predicted molar refractivity (Wildman–Crippen MR) is 79.6 cm³/mol. The van der Waals surface area contributed by atoms with Crippen molar-refractivity contribution in [3.63, 3.8) is 0 Å². The number of aromatic nitrogens is 2. The fraction of sp³-hybridized carbons (Fsp3) is 0.188. The molecule has 3 N–H and O–H groups in total. The highest BCUT2D eigenvalue weighted by Gasteiger charge is 2.18. The minimum atomic E-state index is -2.85. The van der Waals surface area contributed by atoms with E-state index in [1.54, 1.807) is 18.2 Å². The first-order chi connectivity index (χ1) is 10.6. The van der Waals surface area contributed by atoms with Crippen molar-refractivity contribution >= 4 is 11.0 Å². The van der Waals surface area contributed by atoms with Crippen molar-refractivity contribution in [1.29, 1.82) is 0 Å². The van der Waals surface area contributed by atoms with Crippen LogP contribution in [-0.2, 0) is 13.1 Å². The van der Waals surface area contributed by atoms with Gasteiger partial charge in [-0.1, -0.05) is 36.4 Å². The molecule has 2 aromatic carbocycles. The normalized spacial score (nSPS) is 11.0. The van der Waals surface area contributed by atoms with Crippen molar-refractivity contribution in [2.24, 2.45) is 0 Å². The molecule has 0 aliphatic heterocycles. The standard InChI is InChI=1S/C16H15F2N3O.ClH/c17-15(18)21-14-4-2-1-3-13(14)20(16(21)22)10-12-7-5-11(9-19)6-8-12;/h1-8,15H,9-10,19H2;1H. The third-order valence-corrected chi connectivity index (χ3v) is 3.72. The van der Waals surface area contributed by atoms with Gasteiger partial charge in [0, 0.05) is 5.56 Å². The van der Waals surface area contributed by atoms with E-state index in [-0.39, 0.29) is 24.5 Å². The second-order valence-electron chi connectivity index (χ2n) is 5.07. The van der Waals surface area contributed by atoms with Crippen LogP contribution in [0, 0.1) is 0 Å². The third kappa shape index (κ3) is 3.13. The molecule has 0 bridgehead atoms. The van der Waals surface area contributed by atoms with Gasteiger partial charge in [0.15, 0.2) is 0 Å². The molecule has 0 saturated carbocycles. The second kappa shape index (κ2) is 6.93. The number of quaternary nitrogens is 1. The third-order valence-electron chi connectivity index (χ3n) is 3.72.